The molecule has 0 radical (unpaired) electrons. The van der Waals surface area contributed by atoms with E-state index in [0.717, 1.165) is 10.6 Å². The minimum atomic E-state index is -0.506. The van der Waals surface area contributed by atoms with Crippen LogP contribution in [0.15, 0.2) is 28.8 Å². The summed E-state index contributed by atoms with van der Waals surface area (Å²) >= 11 is 0. The van der Waals surface area contributed by atoms with Crippen molar-refractivity contribution >= 4 is 21.8 Å². The summed E-state index contributed by atoms with van der Waals surface area (Å²) in [5.74, 6) is 0. The molecule has 0 aliphatic carbocycles. The Morgan fingerprint density at radius 2 is 2.45 bits per heavy atom. The molecule has 1 aliphatic heterocycles. The number of carbonyl (C=O) groups excluding carboxylic acids is 1. The van der Waals surface area contributed by atoms with Crippen molar-refractivity contribution in [2.75, 3.05) is 0 Å². The maximum absolute atomic E-state index is 10.4. The largest absolute Gasteiger partial charge is 0.249 e. The zero-order chi connectivity index (χ0) is 7.68. The van der Waals surface area contributed by atoms with E-state index in [4.69, 9.17) is 0 Å². The second-order valence-corrected chi connectivity index (χ2v) is 3.62. The molecule has 2 nitrogen and oxygen atoms in total. The van der Waals surface area contributed by atoms with Crippen molar-refractivity contribution in [3.63, 3.8) is 0 Å². The molecule has 0 saturated heterocycles. The summed E-state index contributed by atoms with van der Waals surface area (Å²) in [4.78, 5) is 14.5. The lowest BCUT2D eigenvalue weighted by Gasteiger charge is -1.93. The second-order valence-electron chi connectivity index (χ2n) is 2.12. The Balaban J connectivity index is 2.72. The molecule has 54 valence electrons. The molecule has 2 rings (SSSR count). The van der Waals surface area contributed by atoms with Gasteiger partial charge in [-0.25, -0.2) is 9.78 Å². The number of nitrogens with zero attached hydrogens (tertiary/aromatic N) is 1. The van der Waals surface area contributed by atoms with Gasteiger partial charge in [0.05, 0.1) is 0 Å². The van der Waals surface area contributed by atoms with Crippen LogP contribution in [-0.2, 0) is 4.79 Å². The highest BCUT2D eigenvalue weighted by Gasteiger charge is 2.09. The van der Waals surface area contributed by atoms with Gasteiger partial charge in [-0.1, -0.05) is 6.07 Å². The molecule has 0 saturated carbocycles. The molecule has 0 spiro atoms. The summed E-state index contributed by atoms with van der Waals surface area (Å²) in [6.07, 6.45) is 3.61. The van der Waals surface area contributed by atoms with Crippen LogP contribution >= 0.6 is 10.5 Å². The number of pyridine rings is 1. The van der Waals surface area contributed by atoms with Crippen LogP contribution in [0.4, 0.5) is 0 Å². The third kappa shape index (κ3) is 0.946. The van der Waals surface area contributed by atoms with E-state index in [1.54, 1.807) is 6.20 Å². The highest BCUT2D eigenvalue weighted by atomic mass is 32.2. The third-order valence-corrected chi connectivity index (χ3v) is 2.83. The molecule has 1 atom stereocenters. The zero-order valence-electron chi connectivity index (χ0n) is 5.65. The van der Waals surface area contributed by atoms with Crippen molar-refractivity contribution in [3.05, 3.63) is 29.3 Å². The van der Waals surface area contributed by atoms with E-state index in [1.807, 2.05) is 28.8 Å². The lowest BCUT2D eigenvalue weighted by molar-refractivity contribution is 0.572. The summed E-state index contributed by atoms with van der Waals surface area (Å²) in [5.41, 5.74) is 1.04. The first-order valence-electron chi connectivity index (χ1n) is 3.16. The fourth-order valence-electron chi connectivity index (χ4n) is 0.987. The summed E-state index contributed by atoms with van der Waals surface area (Å²) in [6, 6.07) is 3.81. The summed E-state index contributed by atoms with van der Waals surface area (Å²) < 4.78 is 0. The van der Waals surface area contributed by atoms with Gasteiger partial charge in [0.2, 0.25) is 0 Å². The van der Waals surface area contributed by atoms with Crippen LogP contribution in [0.1, 0.15) is 5.56 Å². The normalized spacial score (nSPS) is 19.5. The van der Waals surface area contributed by atoms with Gasteiger partial charge >= 0.3 is 0 Å². The van der Waals surface area contributed by atoms with Crippen LogP contribution in [-0.4, -0.2) is 10.2 Å². The first kappa shape index (κ1) is 6.53. The van der Waals surface area contributed by atoms with Gasteiger partial charge < -0.3 is 0 Å². The van der Waals surface area contributed by atoms with E-state index in [2.05, 4.69) is 4.98 Å². The van der Waals surface area contributed by atoms with E-state index >= 15 is 0 Å². The molecule has 0 fully saturated rings. The predicted molar refractivity (Wildman–Crippen MR) is 44.8 cm³/mol. The number of hydrogen-bond donors (Lipinski definition) is 0. The number of fused-ring (bicyclic) bond motifs is 1. The molecule has 1 aromatic rings. The van der Waals surface area contributed by atoms with Gasteiger partial charge in [0.1, 0.15) is 5.03 Å². The smallest absolute Gasteiger partial charge is 0.166 e. The summed E-state index contributed by atoms with van der Waals surface area (Å²) in [6.45, 7) is 0. The molecule has 1 unspecified atom stereocenters. The Morgan fingerprint density at radius 1 is 1.55 bits per heavy atom. The van der Waals surface area contributed by atoms with Gasteiger partial charge in [-0.2, -0.15) is 0 Å². The predicted octanol–water partition coefficient (Wildman–Crippen LogP) is 1.76. The highest BCUT2D eigenvalue weighted by molar-refractivity contribution is 8.17. The molecule has 2 heterocycles. The van der Waals surface area contributed by atoms with Gasteiger partial charge in [0, 0.05) is 11.8 Å². The van der Waals surface area contributed by atoms with Crippen molar-refractivity contribution in [3.8, 4) is 0 Å². The molecule has 3 heteroatoms. The molecule has 0 aromatic carbocycles. The molecule has 11 heavy (non-hydrogen) atoms. The second kappa shape index (κ2) is 2.46. The maximum Gasteiger partial charge on any atom is 0.166 e. The minimum absolute atomic E-state index is 0.506. The Kier molecular flexibility index (Phi) is 1.46. The summed E-state index contributed by atoms with van der Waals surface area (Å²) in [7, 11) is -0.506. The maximum atomic E-state index is 10.4. The Hall–Kier alpha value is -1.18. The number of aromatic nitrogens is 1. The fraction of sp³-hybridized carbons (Fsp3) is 0. The number of hydrogen-bond acceptors (Lipinski definition) is 2. The van der Waals surface area contributed by atoms with Gasteiger partial charge in [-0.05, 0) is 28.0 Å². The van der Waals surface area contributed by atoms with E-state index in [9.17, 15) is 4.79 Å². The lowest BCUT2D eigenvalue weighted by Crippen LogP contribution is -1.79. The fourth-order valence-corrected chi connectivity index (χ4v) is 2.10. The molecule has 0 bridgehead atoms. The molecule has 1 aliphatic rings. The topological polar surface area (TPSA) is 30.0 Å². The van der Waals surface area contributed by atoms with Gasteiger partial charge in [0.15, 0.2) is 5.23 Å². The van der Waals surface area contributed by atoms with E-state index in [1.165, 1.54) is 0 Å². The first-order valence-corrected chi connectivity index (χ1v) is 4.45. The Bertz CT molecular complexity index is 377. The van der Waals surface area contributed by atoms with E-state index in [0.29, 0.717) is 0 Å². The highest BCUT2D eigenvalue weighted by Crippen LogP contribution is 2.34. The SMILES string of the molecule is O=C=S1C=Cc2cccnc21. The van der Waals surface area contributed by atoms with Crippen LogP contribution < -0.4 is 0 Å². The Labute approximate surface area is 66.5 Å². The Morgan fingerprint density at radius 3 is 3.27 bits per heavy atom. The minimum Gasteiger partial charge on any atom is -0.249 e. The van der Waals surface area contributed by atoms with Crippen LogP contribution in [0.2, 0.25) is 0 Å². The lowest BCUT2D eigenvalue weighted by atomic mass is 10.3. The van der Waals surface area contributed by atoms with Crippen molar-refractivity contribution in [1.82, 2.24) is 4.98 Å². The zero-order valence-corrected chi connectivity index (χ0v) is 6.47. The monoisotopic (exact) mass is 163 g/mol. The molecule has 0 N–H and O–H groups in total. The third-order valence-electron chi connectivity index (χ3n) is 1.48. The standard InChI is InChI=1S/C8H5NOS/c10-6-11-5-3-7-2-1-4-9-8(7)11/h1-5H. The number of rotatable bonds is 0. The van der Waals surface area contributed by atoms with E-state index in [-0.39, 0.29) is 0 Å². The van der Waals surface area contributed by atoms with Crippen LogP contribution in [0, 0.1) is 0 Å². The van der Waals surface area contributed by atoms with E-state index < -0.39 is 10.5 Å². The molecular weight excluding hydrogens is 158 g/mol. The van der Waals surface area contributed by atoms with Crippen LogP contribution in [0.5, 0.6) is 0 Å². The molecule has 0 amide bonds. The van der Waals surface area contributed by atoms with Crippen molar-refractivity contribution < 1.29 is 4.79 Å². The summed E-state index contributed by atoms with van der Waals surface area (Å²) in [5, 5.41) is 4.64. The van der Waals surface area contributed by atoms with Crippen molar-refractivity contribution in [1.29, 1.82) is 0 Å². The average Bonchev–Trinajstić information content (AvgIpc) is 2.47. The van der Waals surface area contributed by atoms with Gasteiger partial charge in [-0.3, -0.25) is 0 Å². The van der Waals surface area contributed by atoms with Crippen molar-refractivity contribution in [2.45, 2.75) is 5.03 Å². The van der Waals surface area contributed by atoms with Crippen LogP contribution in [0.3, 0.4) is 0 Å². The quantitative estimate of drug-likeness (QED) is 0.545. The molecular formula is C8H5NOS. The first-order chi connectivity index (χ1) is 5.42. The van der Waals surface area contributed by atoms with Crippen LogP contribution in [0.25, 0.3) is 6.08 Å². The van der Waals surface area contributed by atoms with Gasteiger partial charge in [-0.15, -0.1) is 0 Å². The molecule has 1 aromatic heterocycles. The van der Waals surface area contributed by atoms with Crippen molar-refractivity contribution in [2.24, 2.45) is 0 Å². The average molecular weight is 163 g/mol. The van der Waals surface area contributed by atoms with Gasteiger partial charge in [0.25, 0.3) is 0 Å².